The van der Waals surface area contributed by atoms with Crippen LogP contribution in [0.1, 0.15) is 16.7 Å². The molecule has 0 aromatic heterocycles. The summed E-state index contributed by atoms with van der Waals surface area (Å²) in [4.78, 5) is 7.87. The molecule has 0 amide bonds. The minimum Gasteiger partial charge on any atom is -0.252 e. The molecular weight excluding hydrogens is 160 g/mol. The van der Waals surface area contributed by atoms with Crippen LogP contribution in [0.15, 0.2) is 28.2 Å². The van der Waals surface area contributed by atoms with Gasteiger partial charge in [0.15, 0.2) is 0 Å². The fourth-order valence-electron chi connectivity index (χ4n) is 1.43. The van der Waals surface area contributed by atoms with Crippen molar-refractivity contribution in [3.63, 3.8) is 0 Å². The van der Waals surface area contributed by atoms with Gasteiger partial charge < -0.3 is 0 Å². The SMILES string of the molecule is Cc1ccc(C2=N[C]N=C2)c(C)c1. The molecule has 1 heterocycles. The van der Waals surface area contributed by atoms with Gasteiger partial charge >= 0.3 is 0 Å². The van der Waals surface area contributed by atoms with Gasteiger partial charge in [-0.25, -0.2) is 4.99 Å². The standard InChI is InChI=1S/C11H10N2/c1-8-3-4-10(9(2)5-8)11-6-12-7-13-11/h3-6H,1-2H3. The van der Waals surface area contributed by atoms with Gasteiger partial charge in [-0.1, -0.05) is 23.8 Å². The summed E-state index contributed by atoms with van der Waals surface area (Å²) in [5.41, 5.74) is 4.54. The van der Waals surface area contributed by atoms with E-state index in [1.54, 1.807) is 6.21 Å². The van der Waals surface area contributed by atoms with Crippen LogP contribution in [0.4, 0.5) is 0 Å². The fourth-order valence-corrected chi connectivity index (χ4v) is 1.43. The second-order valence-corrected chi connectivity index (χ2v) is 3.17. The molecule has 2 nitrogen and oxygen atoms in total. The maximum absolute atomic E-state index is 4.04. The van der Waals surface area contributed by atoms with Gasteiger partial charge in [-0.2, -0.15) is 0 Å². The molecule has 1 aromatic rings. The second-order valence-electron chi connectivity index (χ2n) is 3.17. The first kappa shape index (κ1) is 8.17. The van der Waals surface area contributed by atoms with Gasteiger partial charge in [0.05, 0.1) is 11.9 Å². The lowest BCUT2D eigenvalue weighted by Gasteiger charge is -2.03. The molecule has 0 saturated carbocycles. The number of aliphatic imine (C=N–C) groups is 2. The largest absolute Gasteiger partial charge is 0.252 e. The molecule has 0 aliphatic carbocycles. The minimum absolute atomic E-state index is 0.900. The summed E-state index contributed by atoms with van der Waals surface area (Å²) in [5.74, 6) is 0. The molecule has 13 heavy (non-hydrogen) atoms. The Kier molecular flexibility index (Phi) is 1.97. The lowest BCUT2D eigenvalue weighted by Crippen LogP contribution is -2.01. The van der Waals surface area contributed by atoms with E-state index in [9.17, 15) is 0 Å². The molecule has 1 aliphatic rings. The normalized spacial score (nSPS) is 14.8. The Morgan fingerprint density at radius 1 is 1.23 bits per heavy atom. The number of aryl methyl sites for hydroxylation is 2. The average molecular weight is 170 g/mol. The van der Waals surface area contributed by atoms with Crippen LogP contribution in [-0.2, 0) is 0 Å². The van der Waals surface area contributed by atoms with Crippen molar-refractivity contribution in [3.8, 4) is 0 Å². The van der Waals surface area contributed by atoms with Crippen molar-refractivity contribution in [1.82, 2.24) is 0 Å². The van der Waals surface area contributed by atoms with E-state index < -0.39 is 0 Å². The number of hydrogen-bond donors (Lipinski definition) is 0. The summed E-state index contributed by atoms with van der Waals surface area (Å²) in [5, 5.41) is 0. The van der Waals surface area contributed by atoms with Crippen LogP contribution >= 0.6 is 0 Å². The summed E-state index contributed by atoms with van der Waals surface area (Å²) in [7, 11) is 0. The first-order chi connectivity index (χ1) is 6.27. The van der Waals surface area contributed by atoms with Crippen molar-refractivity contribution in [2.45, 2.75) is 13.8 Å². The van der Waals surface area contributed by atoms with E-state index >= 15 is 0 Å². The Hall–Kier alpha value is -1.44. The van der Waals surface area contributed by atoms with Crippen molar-refractivity contribution in [2.75, 3.05) is 0 Å². The smallest absolute Gasteiger partial charge is 0.250 e. The quantitative estimate of drug-likeness (QED) is 0.617. The molecular formula is C11H10N2. The van der Waals surface area contributed by atoms with Crippen LogP contribution in [0.3, 0.4) is 0 Å². The van der Waals surface area contributed by atoms with E-state index in [-0.39, 0.29) is 0 Å². The fraction of sp³-hybridized carbons (Fsp3) is 0.182. The maximum atomic E-state index is 4.04. The Bertz CT molecular complexity index is 389. The predicted octanol–water partition coefficient (Wildman–Crippen LogP) is 2.17. The Morgan fingerprint density at radius 3 is 2.69 bits per heavy atom. The molecule has 64 valence electrons. The molecule has 2 rings (SSSR count). The van der Waals surface area contributed by atoms with Crippen LogP contribution in [0.5, 0.6) is 0 Å². The highest BCUT2D eigenvalue weighted by atomic mass is 15.0. The Morgan fingerprint density at radius 2 is 2.08 bits per heavy atom. The van der Waals surface area contributed by atoms with E-state index in [2.05, 4.69) is 48.7 Å². The lowest BCUT2D eigenvalue weighted by atomic mass is 10.0. The maximum Gasteiger partial charge on any atom is 0.250 e. The van der Waals surface area contributed by atoms with Gasteiger partial charge in [-0.3, -0.25) is 4.99 Å². The van der Waals surface area contributed by atoms with Crippen molar-refractivity contribution in [1.29, 1.82) is 0 Å². The summed E-state index contributed by atoms with van der Waals surface area (Å²) >= 11 is 0. The molecule has 0 bridgehead atoms. The predicted molar refractivity (Wildman–Crippen MR) is 54.2 cm³/mol. The van der Waals surface area contributed by atoms with Crippen LogP contribution in [0, 0.1) is 20.5 Å². The van der Waals surface area contributed by atoms with Gasteiger partial charge in [0.25, 0.3) is 0 Å². The number of benzene rings is 1. The van der Waals surface area contributed by atoms with E-state index in [1.807, 2.05) is 0 Å². The molecule has 1 aliphatic heterocycles. The highest BCUT2D eigenvalue weighted by molar-refractivity contribution is 6.39. The van der Waals surface area contributed by atoms with Gasteiger partial charge in [0, 0.05) is 5.56 Å². The monoisotopic (exact) mass is 170 g/mol. The van der Waals surface area contributed by atoms with E-state index in [0.29, 0.717) is 0 Å². The van der Waals surface area contributed by atoms with Gasteiger partial charge in [0.1, 0.15) is 0 Å². The van der Waals surface area contributed by atoms with Crippen LogP contribution in [0.2, 0.25) is 0 Å². The van der Waals surface area contributed by atoms with E-state index in [0.717, 1.165) is 11.3 Å². The number of nitrogens with zero attached hydrogens (tertiary/aromatic N) is 2. The molecule has 0 atom stereocenters. The summed E-state index contributed by atoms with van der Waals surface area (Å²) in [6.07, 6.45) is 1.73. The van der Waals surface area contributed by atoms with Crippen LogP contribution in [0.25, 0.3) is 0 Å². The van der Waals surface area contributed by atoms with Crippen molar-refractivity contribution in [3.05, 3.63) is 41.6 Å². The number of hydrogen-bond acceptors (Lipinski definition) is 2. The van der Waals surface area contributed by atoms with Gasteiger partial charge in [0.2, 0.25) is 6.67 Å². The zero-order valence-corrected chi connectivity index (χ0v) is 7.70. The first-order valence-electron chi connectivity index (χ1n) is 4.21. The Balaban J connectivity index is 2.46. The van der Waals surface area contributed by atoms with Crippen molar-refractivity contribution < 1.29 is 0 Å². The molecule has 0 spiro atoms. The topological polar surface area (TPSA) is 24.7 Å². The summed E-state index contributed by atoms with van der Waals surface area (Å²) in [6, 6.07) is 6.30. The minimum atomic E-state index is 0.900. The Labute approximate surface area is 78.0 Å². The first-order valence-corrected chi connectivity index (χ1v) is 4.21. The highest BCUT2D eigenvalue weighted by Crippen LogP contribution is 2.13. The third-order valence-corrected chi connectivity index (χ3v) is 2.07. The number of rotatable bonds is 1. The van der Waals surface area contributed by atoms with Gasteiger partial charge in [-0.05, 0) is 19.4 Å². The highest BCUT2D eigenvalue weighted by Gasteiger charge is 2.07. The third-order valence-electron chi connectivity index (χ3n) is 2.07. The molecule has 2 radical (unpaired) electrons. The zero-order valence-electron chi connectivity index (χ0n) is 7.70. The van der Waals surface area contributed by atoms with Crippen LogP contribution in [-0.4, -0.2) is 11.9 Å². The zero-order chi connectivity index (χ0) is 9.26. The molecule has 2 heteroatoms. The van der Waals surface area contributed by atoms with Gasteiger partial charge in [-0.15, -0.1) is 0 Å². The van der Waals surface area contributed by atoms with Crippen molar-refractivity contribution >= 4 is 11.9 Å². The summed E-state index contributed by atoms with van der Waals surface area (Å²) in [6.45, 7) is 6.73. The van der Waals surface area contributed by atoms with E-state index in [1.165, 1.54) is 11.1 Å². The lowest BCUT2D eigenvalue weighted by molar-refractivity contribution is 1.28. The molecule has 1 aromatic carbocycles. The molecule has 0 N–H and O–H groups in total. The van der Waals surface area contributed by atoms with Crippen molar-refractivity contribution in [2.24, 2.45) is 9.98 Å². The van der Waals surface area contributed by atoms with Crippen LogP contribution < -0.4 is 0 Å². The van der Waals surface area contributed by atoms with E-state index in [4.69, 9.17) is 0 Å². The third kappa shape index (κ3) is 1.52. The molecule has 0 fully saturated rings. The second kappa shape index (κ2) is 3.13. The average Bonchev–Trinajstić information content (AvgIpc) is 2.56. The molecule has 0 unspecified atom stereocenters. The summed E-state index contributed by atoms with van der Waals surface area (Å²) < 4.78 is 0. The molecule has 0 saturated heterocycles.